The van der Waals surface area contributed by atoms with E-state index in [1.54, 1.807) is 0 Å². The third-order valence-electron chi connectivity index (χ3n) is 4.97. The zero-order valence-corrected chi connectivity index (χ0v) is 15.9. The summed E-state index contributed by atoms with van der Waals surface area (Å²) in [5.41, 5.74) is 0.673. The average Bonchev–Trinajstić information content (AvgIpc) is 3.44. The Balaban J connectivity index is 1.45. The van der Waals surface area contributed by atoms with Gasteiger partial charge in [0.25, 0.3) is 5.91 Å². The maximum Gasteiger partial charge on any atom is 0.251 e. The summed E-state index contributed by atoms with van der Waals surface area (Å²) >= 11 is 0. The van der Waals surface area contributed by atoms with Crippen molar-refractivity contribution in [1.29, 1.82) is 0 Å². The summed E-state index contributed by atoms with van der Waals surface area (Å²) in [4.78, 5) is 26.2. The first-order valence-corrected chi connectivity index (χ1v) is 9.82. The largest absolute Gasteiger partial charge is 0.493 e. The van der Waals surface area contributed by atoms with Gasteiger partial charge in [0.05, 0.1) is 6.61 Å². The first kappa shape index (κ1) is 18.7. The molecule has 0 radical (unpaired) electrons. The van der Waals surface area contributed by atoms with Crippen molar-refractivity contribution in [3.8, 4) is 5.75 Å². The molecule has 1 saturated heterocycles. The van der Waals surface area contributed by atoms with Crippen molar-refractivity contribution < 1.29 is 14.3 Å². The minimum atomic E-state index is -0.00867. The molecular weight excluding hydrogens is 328 g/mol. The van der Waals surface area contributed by atoms with Gasteiger partial charge in [-0.3, -0.25) is 9.59 Å². The molecule has 5 nitrogen and oxygen atoms in total. The number of likely N-dealkylation sites (tertiary alicyclic amines) is 1. The number of ether oxygens (including phenoxy) is 1. The second-order valence-electron chi connectivity index (χ2n) is 8.03. The Morgan fingerprint density at radius 3 is 2.58 bits per heavy atom. The lowest BCUT2D eigenvalue weighted by Crippen LogP contribution is -2.41. The van der Waals surface area contributed by atoms with E-state index in [1.807, 2.05) is 29.2 Å². The van der Waals surface area contributed by atoms with E-state index in [4.69, 9.17) is 4.74 Å². The van der Waals surface area contributed by atoms with Gasteiger partial charge in [-0.1, -0.05) is 13.8 Å². The molecule has 1 N–H and O–H groups in total. The maximum atomic E-state index is 12.3. The molecule has 1 heterocycles. The Hall–Kier alpha value is -2.04. The van der Waals surface area contributed by atoms with Crippen LogP contribution in [0.1, 0.15) is 56.3 Å². The van der Waals surface area contributed by atoms with Crippen LogP contribution in [0.5, 0.6) is 5.75 Å². The lowest BCUT2D eigenvalue weighted by molar-refractivity contribution is -0.134. The molecule has 142 valence electrons. The quantitative estimate of drug-likeness (QED) is 0.814. The summed E-state index contributed by atoms with van der Waals surface area (Å²) in [6.45, 7) is 6.42. The van der Waals surface area contributed by atoms with Crippen LogP contribution in [0.2, 0.25) is 0 Å². The van der Waals surface area contributed by atoms with Crippen LogP contribution in [-0.4, -0.2) is 42.5 Å². The molecule has 1 aromatic rings. The molecule has 0 aromatic heterocycles. The van der Waals surface area contributed by atoms with Crippen molar-refractivity contribution in [3.63, 3.8) is 0 Å². The topological polar surface area (TPSA) is 58.6 Å². The van der Waals surface area contributed by atoms with Gasteiger partial charge in [0.1, 0.15) is 5.75 Å². The highest BCUT2D eigenvalue weighted by Crippen LogP contribution is 2.22. The fourth-order valence-electron chi connectivity index (χ4n) is 3.32. The van der Waals surface area contributed by atoms with Crippen LogP contribution in [0.15, 0.2) is 24.3 Å². The Morgan fingerprint density at radius 1 is 1.19 bits per heavy atom. The number of carbonyl (C=O) groups is 2. The summed E-state index contributed by atoms with van der Waals surface area (Å²) in [5.74, 6) is 1.80. The molecular formula is C21H30N2O3. The Labute approximate surface area is 156 Å². The number of nitrogens with zero attached hydrogens (tertiary/aromatic N) is 1. The van der Waals surface area contributed by atoms with Crippen molar-refractivity contribution in [2.45, 2.75) is 52.0 Å². The van der Waals surface area contributed by atoms with Gasteiger partial charge in [0.15, 0.2) is 0 Å². The number of carbonyl (C=O) groups excluding carboxylic acids is 2. The Kier molecular flexibility index (Phi) is 6.17. The second kappa shape index (κ2) is 8.56. The molecule has 1 atom stereocenters. The average molecular weight is 358 g/mol. The van der Waals surface area contributed by atoms with Crippen LogP contribution in [0.4, 0.5) is 0 Å². The molecule has 0 spiro atoms. The summed E-state index contributed by atoms with van der Waals surface area (Å²) in [6.07, 6.45) is 4.93. The van der Waals surface area contributed by atoms with Crippen molar-refractivity contribution in [1.82, 2.24) is 10.2 Å². The van der Waals surface area contributed by atoms with E-state index in [0.29, 0.717) is 36.5 Å². The van der Waals surface area contributed by atoms with E-state index in [0.717, 1.165) is 44.5 Å². The molecule has 5 heteroatoms. The highest BCUT2D eigenvalue weighted by atomic mass is 16.5. The molecule has 1 unspecified atom stereocenters. The number of hydrogen-bond donors (Lipinski definition) is 1. The van der Waals surface area contributed by atoms with Crippen LogP contribution in [-0.2, 0) is 4.79 Å². The third kappa shape index (κ3) is 5.48. The highest BCUT2D eigenvalue weighted by Gasteiger charge is 2.25. The van der Waals surface area contributed by atoms with Gasteiger partial charge >= 0.3 is 0 Å². The molecule has 26 heavy (non-hydrogen) atoms. The summed E-state index contributed by atoms with van der Waals surface area (Å²) in [6, 6.07) is 7.70. The first-order chi connectivity index (χ1) is 12.5. The molecule has 1 aliphatic carbocycles. The van der Waals surface area contributed by atoms with Crippen LogP contribution in [0.25, 0.3) is 0 Å². The monoisotopic (exact) mass is 358 g/mol. The van der Waals surface area contributed by atoms with Crippen molar-refractivity contribution >= 4 is 11.8 Å². The molecule has 0 bridgehead atoms. The lowest BCUT2D eigenvalue weighted by Gasteiger charge is -2.33. The normalized spacial score (nSPS) is 20.1. The molecule has 1 saturated carbocycles. The van der Waals surface area contributed by atoms with E-state index < -0.39 is 0 Å². The number of amides is 2. The summed E-state index contributed by atoms with van der Waals surface area (Å²) in [5, 5.41) is 2.98. The maximum absolute atomic E-state index is 12.3. The van der Waals surface area contributed by atoms with E-state index in [1.165, 1.54) is 0 Å². The van der Waals surface area contributed by atoms with E-state index >= 15 is 0 Å². The third-order valence-corrected chi connectivity index (χ3v) is 4.97. The van der Waals surface area contributed by atoms with Crippen LogP contribution >= 0.6 is 0 Å². The van der Waals surface area contributed by atoms with Crippen molar-refractivity contribution in [2.75, 3.05) is 19.7 Å². The second-order valence-corrected chi connectivity index (χ2v) is 8.03. The molecule has 1 aromatic carbocycles. The van der Waals surface area contributed by atoms with Crippen molar-refractivity contribution in [2.24, 2.45) is 11.8 Å². The minimum absolute atomic E-state index is 0.00867. The van der Waals surface area contributed by atoms with Gasteiger partial charge in [0, 0.05) is 37.0 Å². The van der Waals surface area contributed by atoms with Crippen LogP contribution in [0.3, 0.4) is 0 Å². The number of nitrogens with one attached hydrogen (secondary N) is 1. The lowest BCUT2D eigenvalue weighted by atomic mass is 9.98. The number of hydrogen-bond acceptors (Lipinski definition) is 3. The standard InChI is InChI=1S/C21H30N2O3/c1-15(2)12-20(24)23-11-3-4-16(13-23)14-26-19-9-5-17(6-10-19)21(25)22-18-7-8-18/h5-6,9-10,15-16,18H,3-4,7-8,11-14H2,1-2H3,(H,22,25). The van der Waals surface area contributed by atoms with Gasteiger partial charge in [-0.25, -0.2) is 0 Å². The fourth-order valence-corrected chi connectivity index (χ4v) is 3.32. The van der Waals surface area contributed by atoms with E-state index in [9.17, 15) is 9.59 Å². The number of rotatable bonds is 7. The van der Waals surface area contributed by atoms with E-state index in [-0.39, 0.29) is 11.8 Å². The fraction of sp³-hybridized carbons (Fsp3) is 0.619. The highest BCUT2D eigenvalue weighted by molar-refractivity contribution is 5.94. The predicted molar refractivity (Wildman–Crippen MR) is 101 cm³/mol. The molecule has 2 aliphatic rings. The summed E-state index contributed by atoms with van der Waals surface area (Å²) < 4.78 is 5.91. The number of piperidine rings is 1. The van der Waals surface area contributed by atoms with Crippen LogP contribution in [0, 0.1) is 11.8 Å². The van der Waals surface area contributed by atoms with Gasteiger partial charge in [-0.15, -0.1) is 0 Å². The predicted octanol–water partition coefficient (Wildman–Crippen LogP) is 3.24. The molecule has 2 amide bonds. The van der Waals surface area contributed by atoms with Gasteiger partial charge in [-0.05, 0) is 55.9 Å². The van der Waals surface area contributed by atoms with Gasteiger partial charge in [0.2, 0.25) is 5.91 Å². The molecule has 2 fully saturated rings. The molecule has 1 aliphatic heterocycles. The Bertz CT molecular complexity index is 623. The van der Waals surface area contributed by atoms with E-state index in [2.05, 4.69) is 19.2 Å². The van der Waals surface area contributed by atoms with Gasteiger partial charge in [-0.2, -0.15) is 0 Å². The SMILES string of the molecule is CC(C)CC(=O)N1CCCC(COc2ccc(C(=O)NC3CC3)cc2)C1. The zero-order chi connectivity index (χ0) is 18.5. The molecule has 3 rings (SSSR count). The first-order valence-electron chi connectivity index (χ1n) is 9.82. The smallest absolute Gasteiger partial charge is 0.251 e. The summed E-state index contributed by atoms with van der Waals surface area (Å²) in [7, 11) is 0. The number of benzene rings is 1. The van der Waals surface area contributed by atoms with Crippen LogP contribution < -0.4 is 10.1 Å². The minimum Gasteiger partial charge on any atom is -0.493 e. The van der Waals surface area contributed by atoms with Gasteiger partial charge < -0.3 is 15.0 Å². The van der Waals surface area contributed by atoms with Crippen molar-refractivity contribution in [3.05, 3.63) is 29.8 Å². The Morgan fingerprint density at radius 2 is 1.92 bits per heavy atom. The zero-order valence-electron chi connectivity index (χ0n) is 15.9.